The first kappa shape index (κ1) is 15.9. The molecule has 4 aromatic rings. The van der Waals surface area contributed by atoms with Crippen LogP contribution in [0.4, 0.5) is 5.69 Å². The van der Waals surface area contributed by atoms with Gasteiger partial charge in [-0.1, -0.05) is 66.7 Å². The fourth-order valence-electron chi connectivity index (χ4n) is 2.94. The molecule has 0 bridgehead atoms. The zero-order valence-electron chi connectivity index (χ0n) is 14.1. The molecule has 3 heteroatoms. The number of benzene rings is 3. The maximum absolute atomic E-state index is 13.1. The number of amides is 1. The smallest absolute Gasteiger partial charge is 0.256 e. The topological polar surface area (TPSA) is 42.2 Å². The molecule has 1 heterocycles. The van der Waals surface area contributed by atoms with E-state index in [4.69, 9.17) is 4.42 Å². The van der Waals surface area contributed by atoms with Gasteiger partial charge in [0.05, 0.1) is 11.8 Å². The van der Waals surface area contributed by atoms with Crippen LogP contribution in [-0.2, 0) is 4.79 Å². The van der Waals surface area contributed by atoms with Gasteiger partial charge in [0, 0.05) is 11.1 Å². The molecule has 0 atom stereocenters. The summed E-state index contributed by atoms with van der Waals surface area (Å²) in [4.78, 5) is 13.1. The summed E-state index contributed by atoms with van der Waals surface area (Å²) in [5, 5.41) is 5.14. The number of fused-ring (bicyclic) bond motifs is 1. The maximum Gasteiger partial charge on any atom is 0.256 e. The molecule has 0 spiro atoms. The summed E-state index contributed by atoms with van der Waals surface area (Å²) in [6, 6.07) is 27.1. The second-order valence-electron chi connectivity index (χ2n) is 5.92. The average Bonchev–Trinajstić information content (AvgIpc) is 3.20. The molecule has 0 radical (unpaired) electrons. The number of furan rings is 1. The van der Waals surface area contributed by atoms with Crippen LogP contribution in [0.2, 0.25) is 0 Å². The number of hydrogen-bond acceptors (Lipinski definition) is 2. The highest BCUT2D eigenvalue weighted by molar-refractivity contribution is 6.29. The molecule has 0 aliphatic heterocycles. The maximum atomic E-state index is 13.1. The Bertz CT molecular complexity index is 1060. The van der Waals surface area contributed by atoms with Gasteiger partial charge in [0.15, 0.2) is 0 Å². The van der Waals surface area contributed by atoms with Gasteiger partial charge in [0.1, 0.15) is 5.76 Å². The lowest BCUT2D eigenvalue weighted by atomic mass is 10.0. The molecule has 1 aromatic heterocycles. The summed E-state index contributed by atoms with van der Waals surface area (Å²) < 4.78 is 5.40. The second-order valence-corrected chi connectivity index (χ2v) is 5.92. The number of rotatable bonds is 4. The zero-order valence-corrected chi connectivity index (χ0v) is 14.1. The van der Waals surface area contributed by atoms with Crippen LogP contribution < -0.4 is 5.32 Å². The van der Waals surface area contributed by atoms with E-state index in [-0.39, 0.29) is 5.91 Å². The summed E-state index contributed by atoms with van der Waals surface area (Å²) in [7, 11) is 0. The van der Waals surface area contributed by atoms with Crippen molar-refractivity contribution in [1.29, 1.82) is 0 Å². The van der Waals surface area contributed by atoms with Crippen molar-refractivity contribution in [3.63, 3.8) is 0 Å². The number of carbonyl (C=O) groups is 1. The summed E-state index contributed by atoms with van der Waals surface area (Å²) >= 11 is 0. The van der Waals surface area contributed by atoms with Crippen molar-refractivity contribution < 1.29 is 9.21 Å². The van der Waals surface area contributed by atoms with Crippen LogP contribution in [0.1, 0.15) is 11.3 Å². The van der Waals surface area contributed by atoms with Crippen LogP contribution in [0, 0.1) is 0 Å². The number of nitrogens with one attached hydrogen (secondary N) is 1. The number of hydrogen-bond donors (Lipinski definition) is 1. The second kappa shape index (κ2) is 7.11. The third-order valence-corrected chi connectivity index (χ3v) is 4.20. The Kier molecular flexibility index (Phi) is 4.35. The summed E-state index contributed by atoms with van der Waals surface area (Å²) in [6.07, 6.45) is 3.35. The van der Waals surface area contributed by atoms with Crippen molar-refractivity contribution in [3.8, 4) is 0 Å². The Labute approximate surface area is 151 Å². The molecule has 0 aliphatic rings. The van der Waals surface area contributed by atoms with Crippen molar-refractivity contribution in [3.05, 3.63) is 103 Å². The lowest BCUT2D eigenvalue weighted by Gasteiger charge is -2.11. The summed E-state index contributed by atoms with van der Waals surface area (Å²) in [5.41, 5.74) is 2.17. The third-order valence-electron chi connectivity index (χ3n) is 4.20. The largest absolute Gasteiger partial charge is 0.465 e. The molecule has 1 N–H and O–H groups in total. The van der Waals surface area contributed by atoms with Crippen molar-refractivity contribution in [2.75, 3.05) is 5.32 Å². The highest BCUT2D eigenvalue weighted by Gasteiger charge is 2.14. The van der Waals surface area contributed by atoms with Crippen LogP contribution in [0.5, 0.6) is 0 Å². The van der Waals surface area contributed by atoms with Gasteiger partial charge in [-0.25, -0.2) is 0 Å². The van der Waals surface area contributed by atoms with Gasteiger partial charge < -0.3 is 9.73 Å². The minimum Gasteiger partial charge on any atom is -0.465 e. The molecule has 0 saturated heterocycles. The highest BCUT2D eigenvalue weighted by atomic mass is 16.3. The first-order valence-corrected chi connectivity index (χ1v) is 8.41. The van der Waals surface area contributed by atoms with Gasteiger partial charge in [-0.3, -0.25) is 4.79 Å². The Morgan fingerprint density at radius 1 is 0.808 bits per heavy atom. The van der Waals surface area contributed by atoms with E-state index in [1.807, 2.05) is 78.9 Å². The lowest BCUT2D eigenvalue weighted by molar-refractivity contribution is -0.111. The molecule has 0 unspecified atom stereocenters. The molecule has 0 aliphatic carbocycles. The van der Waals surface area contributed by atoms with Crippen molar-refractivity contribution >= 4 is 34.0 Å². The molecule has 26 heavy (non-hydrogen) atoms. The first-order chi connectivity index (χ1) is 12.8. The van der Waals surface area contributed by atoms with Crippen LogP contribution >= 0.6 is 0 Å². The molecule has 4 rings (SSSR count). The highest BCUT2D eigenvalue weighted by Crippen LogP contribution is 2.26. The lowest BCUT2D eigenvalue weighted by Crippen LogP contribution is -2.13. The van der Waals surface area contributed by atoms with Crippen molar-refractivity contribution in [2.24, 2.45) is 0 Å². The van der Waals surface area contributed by atoms with Gasteiger partial charge in [0.25, 0.3) is 5.91 Å². The van der Waals surface area contributed by atoms with Gasteiger partial charge in [-0.05, 0) is 35.2 Å². The Morgan fingerprint density at radius 3 is 2.38 bits per heavy atom. The van der Waals surface area contributed by atoms with Gasteiger partial charge >= 0.3 is 0 Å². The van der Waals surface area contributed by atoms with E-state index in [9.17, 15) is 4.79 Å². The van der Waals surface area contributed by atoms with E-state index in [1.165, 1.54) is 0 Å². The minimum atomic E-state index is -0.177. The third kappa shape index (κ3) is 3.28. The molecular formula is C23H17NO2. The quantitative estimate of drug-likeness (QED) is 0.491. The van der Waals surface area contributed by atoms with E-state index < -0.39 is 0 Å². The van der Waals surface area contributed by atoms with Crippen LogP contribution in [0.3, 0.4) is 0 Å². The average molecular weight is 339 g/mol. The van der Waals surface area contributed by atoms with Gasteiger partial charge in [-0.2, -0.15) is 0 Å². The minimum absolute atomic E-state index is 0.177. The fourth-order valence-corrected chi connectivity index (χ4v) is 2.94. The van der Waals surface area contributed by atoms with Crippen molar-refractivity contribution in [1.82, 2.24) is 0 Å². The molecule has 126 valence electrons. The van der Waals surface area contributed by atoms with E-state index in [1.54, 1.807) is 18.4 Å². The van der Waals surface area contributed by atoms with E-state index in [0.29, 0.717) is 11.3 Å². The van der Waals surface area contributed by atoms with Crippen LogP contribution in [0.25, 0.3) is 22.4 Å². The van der Waals surface area contributed by atoms with Gasteiger partial charge in [-0.15, -0.1) is 0 Å². The molecular weight excluding hydrogens is 322 g/mol. The standard InChI is InChI=1S/C23H17NO2/c25-23(24-22-14-6-11-17-10-4-5-13-20(17)22)21(16-19-12-7-15-26-19)18-8-2-1-3-9-18/h1-16H,(H,24,25)/b21-16-. The Hall–Kier alpha value is -3.59. The molecule has 0 fully saturated rings. The fraction of sp³-hybridized carbons (Fsp3) is 0. The predicted octanol–water partition coefficient (Wildman–Crippen LogP) is 5.61. The van der Waals surface area contributed by atoms with Crippen LogP contribution in [-0.4, -0.2) is 5.91 Å². The number of carbonyl (C=O) groups excluding carboxylic acids is 1. The molecule has 0 saturated carbocycles. The van der Waals surface area contributed by atoms with Gasteiger partial charge in [0.2, 0.25) is 0 Å². The summed E-state index contributed by atoms with van der Waals surface area (Å²) in [5.74, 6) is 0.459. The van der Waals surface area contributed by atoms with E-state index in [2.05, 4.69) is 5.32 Å². The molecule has 3 nitrogen and oxygen atoms in total. The monoisotopic (exact) mass is 339 g/mol. The first-order valence-electron chi connectivity index (χ1n) is 8.41. The summed E-state index contributed by atoms with van der Waals surface area (Å²) in [6.45, 7) is 0. The zero-order chi connectivity index (χ0) is 17.8. The van der Waals surface area contributed by atoms with Crippen LogP contribution in [0.15, 0.2) is 95.6 Å². The van der Waals surface area contributed by atoms with E-state index >= 15 is 0 Å². The SMILES string of the molecule is O=C(Nc1cccc2ccccc12)/C(=C\c1ccco1)c1ccccc1. The number of anilines is 1. The normalized spacial score (nSPS) is 11.5. The van der Waals surface area contributed by atoms with E-state index in [0.717, 1.165) is 22.0 Å². The Morgan fingerprint density at radius 2 is 1.58 bits per heavy atom. The molecule has 1 amide bonds. The van der Waals surface area contributed by atoms with Crippen molar-refractivity contribution in [2.45, 2.75) is 0 Å². The Balaban J connectivity index is 1.73. The molecule has 3 aromatic carbocycles. The predicted molar refractivity (Wildman–Crippen MR) is 106 cm³/mol.